The van der Waals surface area contributed by atoms with E-state index in [1.165, 1.54) is 18.5 Å². The monoisotopic (exact) mass is 329 g/mol. The summed E-state index contributed by atoms with van der Waals surface area (Å²) in [5.74, 6) is 0. The van der Waals surface area contributed by atoms with Gasteiger partial charge in [-0.3, -0.25) is 9.78 Å². The number of nitrogens with zero attached hydrogens (tertiary/aromatic N) is 1. The summed E-state index contributed by atoms with van der Waals surface area (Å²) in [6, 6.07) is 8.59. The molecule has 5 heteroatoms. The van der Waals surface area contributed by atoms with Gasteiger partial charge in [-0.25, -0.2) is 0 Å². The van der Waals surface area contributed by atoms with Crippen LogP contribution < -0.4 is 10.5 Å². The van der Waals surface area contributed by atoms with Gasteiger partial charge in [-0.15, -0.1) is 0 Å². The summed E-state index contributed by atoms with van der Waals surface area (Å²) in [5.41, 5.74) is 4.13. The number of hydrogen-bond donors (Lipinski definition) is 2. The third kappa shape index (κ3) is 3.72. The van der Waals surface area contributed by atoms with Gasteiger partial charge in [0, 0.05) is 36.5 Å². The van der Waals surface area contributed by atoms with Crippen LogP contribution in [0.1, 0.15) is 43.0 Å². The average molecular weight is 329 g/mol. The predicted octanol–water partition coefficient (Wildman–Crippen LogP) is 3.58. The molecular weight excluding hydrogens is 306 g/mol. The van der Waals surface area contributed by atoms with Gasteiger partial charge < -0.3 is 9.88 Å². The molecule has 0 atom stereocenters. The van der Waals surface area contributed by atoms with Gasteiger partial charge >= 0.3 is 0 Å². The molecule has 0 saturated carbocycles. The lowest BCUT2D eigenvalue weighted by Gasteiger charge is -2.17. The van der Waals surface area contributed by atoms with Crippen LogP contribution >= 0.6 is 12.2 Å². The first-order valence-corrected chi connectivity index (χ1v) is 8.76. The molecule has 0 spiro atoms. The number of anilines is 1. The predicted molar refractivity (Wildman–Crippen MR) is 96.9 cm³/mol. The van der Waals surface area contributed by atoms with E-state index in [2.05, 4.69) is 46.1 Å². The lowest BCUT2D eigenvalue weighted by atomic mass is 10.0. The number of nitrogens with one attached hydrogen (secondary N) is 2. The van der Waals surface area contributed by atoms with Gasteiger partial charge in [0.15, 0.2) is 4.77 Å². The summed E-state index contributed by atoms with van der Waals surface area (Å²) in [7, 11) is 0. The standard InChI is InChI=1S/C18H23N3OS/c1-2-5-16-15(17(22)20-18(23)19-16)12-13-6-8-14(9-7-13)21-10-3-4-11-21/h6-9H,2-5,10-12H2,1H3,(H2,19,20,22,23). The second-order valence-corrected chi connectivity index (χ2v) is 6.56. The molecule has 2 aromatic rings. The van der Waals surface area contributed by atoms with Crippen molar-refractivity contribution in [1.82, 2.24) is 9.97 Å². The summed E-state index contributed by atoms with van der Waals surface area (Å²) in [6.45, 7) is 4.40. The van der Waals surface area contributed by atoms with Crippen LogP contribution in [0.15, 0.2) is 29.1 Å². The number of benzene rings is 1. The van der Waals surface area contributed by atoms with E-state index in [1.54, 1.807) is 0 Å². The highest BCUT2D eigenvalue weighted by Crippen LogP contribution is 2.21. The Morgan fingerprint density at radius 2 is 1.83 bits per heavy atom. The average Bonchev–Trinajstić information content (AvgIpc) is 3.06. The van der Waals surface area contributed by atoms with Gasteiger partial charge in [0.2, 0.25) is 0 Å². The van der Waals surface area contributed by atoms with Gasteiger partial charge in [-0.05, 0) is 49.2 Å². The summed E-state index contributed by atoms with van der Waals surface area (Å²) in [4.78, 5) is 20.5. The fourth-order valence-electron chi connectivity index (χ4n) is 3.21. The van der Waals surface area contributed by atoms with Gasteiger partial charge in [-0.1, -0.05) is 25.5 Å². The van der Waals surface area contributed by atoms with Crippen LogP contribution in [-0.4, -0.2) is 23.1 Å². The van der Waals surface area contributed by atoms with Gasteiger partial charge in [0.25, 0.3) is 5.56 Å². The minimum atomic E-state index is -0.0687. The van der Waals surface area contributed by atoms with E-state index < -0.39 is 0 Å². The van der Waals surface area contributed by atoms with E-state index in [0.29, 0.717) is 11.2 Å². The third-order valence-corrected chi connectivity index (χ3v) is 4.62. The van der Waals surface area contributed by atoms with Crippen molar-refractivity contribution in [3.8, 4) is 0 Å². The minimum absolute atomic E-state index is 0.0687. The van der Waals surface area contributed by atoms with Crippen molar-refractivity contribution in [2.24, 2.45) is 0 Å². The maximum atomic E-state index is 12.3. The molecule has 122 valence electrons. The maximum Gasteiger partial charge on any atom is 0.255 e. The zero-order chi connectivity index (χ0) is 16.2. The highest BCUT2D eigenvalue weighted by atomic mass is 32.1. The molecule has 2 heterocycles. The van der Waals surface area contributed by atoms with Crippen LogP contribution in [0.4, 0.5) is 5.69 Å². The molecule has 0 aliphatic carbocycles. The van der Waals surface area contributed by atoms with Crippen molar-refractivity contribution in [3.63, 3.8) is 0 Å². The summed E-state index contributed by atoms with van der Waals surface area (Å²) in [5, 5.41) is 0. The first-order valence-electron chi connectivity index (χ1n) is 8.35. The highest BCUT2D eigenvalue weighted by molar-refractivity contribution is 7.71. The number of hydrogen-bond acceptors (Lipinski definition) is 3. The largest absolute Gasteiger partial charge is 0.372 e. The molecule has 23 heavy (non-hydrogen) atoms. The quantitative estimate of drug-likeness (QED) is 0.825. The lowest BCUT2D eigenvalue weighted by molar-refractivity contribution is 0.832. The number of rotatable bonds is 5. The number of aromatic nitrogens is 2. The van der Waals surface area contributed by atoms with Crippen molar-refractivity contribution in [3.05, 3.63) is 56.2 Å². The first kappa shape index (κ1) is 16.0. The van der Waals surface area contributed by atoms with E-state index in [0.717, 1.165) is 42.8 Å². The highest BCUT2D eigenvalue weighted by Gasteiger charge is 2.13. The van der Waals surface area contributed by atoms with Gasteiger partial charge in [0.05, 0.1) is 0 Å². The Morgan fingerprint density at radius 3 is 2.48 bits per heavy atom. The molecule has 1 fully saturated rings. The van der Waals surface area contributed by atoms with Crippen molar-refractivity contribution in [2.75, 3.05) is 18.0 Å². The van der Waals surface area contributed by atoms with Crippen molar-refractivity contribution in [2.45, 2.75) is 39.0 Å². The zero-order valence-corrected chi connectivity index (χ0v) is 14.3. The van der Waals surface area contributed by atoms with Gasteiger partial charge in [0.1, 0.15) is 0 Å². The normalized spacial score (nSPS) is 14.4. The minimum Gasteiger partial charge on any atom is -0.372 e. The number of H-pyrrole nitrogens is 2. The molecule has 1 aromatic heterocycles. The fourth-order valence-corrected chi connectivity index (χ4v) is 3.43. The Labute approximate surface area is 141 Å². The molecule has 1 aliphatic rings. The van der Waals surface area contributed by atoms with E-state index >= 15 is 0 Å². The van der Waals surface area contributed by atoms with Crippen molar-refractivity contribution < 1.29 is 0 Å². The zero-order valence-electron chi connectivity index (χ0n) is 13.5. The Kier molecular flexibility index (Phi) is 4.96. The molecule has 3 rings (SSSR count). The third-order valence-electron chi connectivity index (χ3n) is 4.42. The van der Waals surface area contributed by atoms with E-state index in [-0.39, 0.29) is 5.56 Å². The van der Waals surface area contributed by atoms with E-state index in [9.17, 15) is 4.79 Å². The molecule has 0 bridgehead atoms. The first-order chi connectivity index (χ1) is 11.2. The molecule has 0 unspecified atom stereocenters. The summed E-state index contributed by atoms with van der Waals surface area (Å²) >= 11 is 5.09. The molecule has 1 aromatic carbocycles. The van der Waals surface area contributed by atoms with Crippen LogP contribution in [0.2, 0.25) is 0 Å². The second-order valence-electron chi connectivity index (χ2n) is 6.15. The Bertz CT molecular complexity index is 770. The molecule has 0 radical (unpaired) electrons. The molecule has 1 aliphatic heterocycles. The smallest absolute Gasteiger partial charge is 0.255 e. The Morgan fingerprint density at radius 1 is 1.13 bits per heavy atom. The molecular formula is C18H23N3OS. The molecule has 0 amide bonds. The Balaban J connectivity index is 1.84. The maximum absolute atomic E-state index is 12.3. The number of aromatic amines is 2. The second kappa shape index (κ2) is 7.13. The van der Waals surface area contributed by atoms with E-state index in [1.807, 2.05) is 0 Å². The SMILES string of the molecule is CCCc1[nH]c(=S)[nH]c(=O)c1Cc1ccc(N2CCCC2)cc1. The van der Waals surface area contributed by atoms with Crippen molar-refractivity contribution in [1.29, 1.82) is 0 Å². The molecule has 1 saturated heterocycles. The van der Waals surface area contributed by atoms with Crippen molar-refractivity contribution >= 4 is 17.9 Å². The summed E-state index contributed by atoms with van der Waals surface area (Å²) in [6.07, 6.45) is 5.02. The van der Waals surface area contributed by atoms with Crippen LogP contribution in [0.5, 0.6) is 0 Å². The van der Waals surface area contributed by atoms with Gasteiger partial charge in [-0.2, -0.15) is 0 Å². The topological polar surface area (TPSA) is 51.9 Å². The fraction of sp³-hybridized carbons (Fsp3) is 0.444. The van der Waals surface area contributed by atoms with Crippen LogP contribution in [0.25, 0.3) is 0 Å². The number of aryl methyl sites for hydroxylation is 1. The summed E-state index contributed by atoms with van der Waals surface area (Å²) < 4.78 is 0.409. The van der Waals surface area contributed by atoms with Crippen LogP contribution in [0, 0.1) is 4.77 Å². The Hall–Kier alpha value is -1.88. The molecule has 2 N–H and O–H groups in total. The van der Waals surface area contributed by atoms with Crippen LogP contribution in [-0.2, 0) is 12.8 Å². The van der Waals surface area contributed by atoms with Crippen LogP contribution in [0.3, 0.4) is 0 Å². The lowest BCUT2D eigenvalue weighted by Crippen LogP contribution is -2.19. The van der Waals surface area contributed by atoms with E-state index in [4.69, 9.17) is 12.2 Å². The molecule has 4 nitrogen and oxygen atoms in total.